The number of rotatable bonds is 7. The number of nitrogens with zero attached hydrogens (tertiary/aromatic N) is 3. The van der Waals surface area contributed by atoms with Gasteiger partial charge in [-0.2, -0.15) is 0 Å². The fourth-order valence-electron chi connectivity index (χ4n) is 3.90. The van der Waals surface area contributed by atoms with Gasteiger partial charge < -0.3 is 31.9 Å². The third-order valence-corrected chi connectivity index (χ3v) is 5.82. The van der Waals surface area contributed by atoms with Crippen LogP contribution in [0, 0.1) is 4.91 Å². The van der Waals surface area contributed by atoms with Gasteiger partial charge in [-0.15, -0.1) is 0 Å². The van der Waals surface area contributed by atoms with E-state index in [2.05, 4.69) is 41.9 Å². The molecule has 0 fully saturated rings. The second kappa shape index (κ2) is 11.3. The molecule has 7 N–H and O–H groups in total. The van der Waals surface area contributed by atoms with Crippen LogP contribution < -0.4 is 31.9 Å². The lowest BCUT2D eigenvalue weighted by atomic mass is 10.1. The summed E-state index contributed by atoms with van der Waals surface area (Å²) >= 11 is 0. The molecule has 0 unspecified atom stereocenters. The molecule has 2 amide bonds. The zero-order chi connectivity index (χ0) is 27.2. The largest absolute Gasteiger partial charge is 0.354 e. The molecular weight excluding hydrogens is 502 g/mol. The molecule has 0 saturated carbocycles. The van der Waals surface area contributed by atoms with Gasteiger partial charge in [0.15, 0.2) is 11.9 Å². The van der Waals surface area contributed by atoms with Gasteiger partial charge in [0, 0.05) is 59.1 Å². The third kappa shape index (κ3) is 6.46. The molecule has 198 valence electrons. The van der Waals surface area contributed by atoms with E-state index in [9.17, 15) is 19.7 Å². The van der Waals surface area contributed by atoms with Crippen molar-refractivity contribution in [1.82, 2.24) is 10.6 Å². The molecule has 2 aliphatic heterocycles. The van der Waals surface area contributed by atoms with Crippen LogP contribution in [-0.2, 0) is 0 Å². The van der Waals surface area contributed by atoms with Crippen LogP contribution in [0.15, 0.2) is 76.7 Å². The zero-order valence-electron chi connectivity index (χ0n) is 20.7. The first-order chi connectivity index (χ1) is 18.9. The highest BCUT2D eigenvalue weighted by molar-refractivity contribution is 6.09. The SMILES string of the molecule is O=C(Nc1ccc(NC2=NCCN2)cc1)c1cc(C(=O)Nc2ccc(NC3=NCCN3)cc2)cc([N+](=O)O)c1. The van der Waals surface area contributed by atoms with E-state index in [1.807, 2.05) is 0 Å². The number of guanidine groups is 2. The van der Waals surface area contributed by atoms with Crippen LogP contribution in [0.2, 0.25) is 0 Å². The molecule has 13 nitrogen and oxygen atoms in total. The fraction of sp³-hybridized carbons (Fsp3) is 0.154. The van der Waals surface area contributed by atoms with Crippen molar-refractivity contribution in [3.63, 3.8) is 0 Å². The molecule has 5 rings (SSSR count). The Kier molecular flexibility index (Phi) is 7.30. The van der Waals surface area contributed by atoms with Crippen LogP contribution in [0.3, 0.4) is 0 Å². The molecule has 0 atom stereocenters. The predicted octanol–water partition coefficient (Wildman–Crippen LogP) is 2.73. The molecule has 2 heterocycles. The number of aliphatic imine (C=N–C) groups is 2. The van der Waals surface area contributed by atoms with Crippen LogP contribution in [0.4, 0.5) is 28.4 Å². The summed E-state index contributed by atoms with van der Waals surface area (Å²) in [5.41, 5.74) is 2.35. The van der Waals surface area contributed by atoms with Gasteiger partial charge in [-0.25, -0.2) is 5.21 Å². The van der Waals surface area contributed by atoms with Gasteiger partial charge in [0.05, 0.1) is 18.0 Å². The highest BCUT2D eigenvalue weighted by Gasteiger charge is 2.21. The van der Waals surface area contributed by atoms with Crippen LogP contribution in [0.1, 0.15) is 20.7 Å². The van der Waals surface area contributed by atoms with E-state index in [1.165, 1.54) is 18.2 Å². The van der Waals surface area contributed by atoms with Crippen molar-refractivity contribution in [3.05, 3.63) is 82.8 Å². The number of nitrogens with one attached hydrogen (secondary N) is 6. The standard InChI is InChI=1S/C26H25N9O4/c36-23(31-18-1-5-20(6-2-18)33-25-27-9-10-28-25)16-13-17(15-22(14-16)35(38)39)24(37)32-19-3-7-21(8-4-19)34-26-29-11-12-30-26/h1-8,13-15H,9-12H2,(H6-,27,28,29,30,31,32,33,34,36,37,38,39)/p+1. The highest BCUT2D eigenvalue weighted by Crippen LogP contribution is 2.21. The van der Waals surface area contributed by atoms with E-state index < -0.39 is 16.7 Å². The molecule has 0 aliphatic carbocycles. The smallest absolute Gasteiger partial charge is 0.318 e. The Labute approximate surface area is 223 Å². The normalized spacial score (nSPS) is 13.8. The van der Waals surface area contributed by atoms with E-state index in [0.29, 0.717) is 36.4 Å². The molecule has 13 heteroatoms. The Hall–Kier alpha value is -5.46. The number of benzene rings is 3. The molecule has 39 heavy (non-hydrogen) atoms. The van der Waals surface area contributed by atoms with E-state index in [4.69, 9.17) is 0 Å². The number of amides is 2. The quantitative estimate of drug-likeness (QED) is 0.229. The number of carbonyl (C=O) groups is 2. The van der Waals surface area contributed by atoms with Gasteiger partial charge in [-0.1, -0.05) is 0 Å². The molecule has 3 aromatic carbocycles. The van der Waals surface area contributed by atoms with Crippen molar-refractivity contribution in [2.45, 2.75) is 0 Å². The summed E-state index contributed by atoms with van der Waals surface area (Å²) in [6.45, 7) is 2.98. The first-order valence-electron chi connectivity index (χ1n) is 12.2. The number of anilines is 4. The fourth-order valence-corrected chi connectivity index (χ4v) is 3.90. The topological polar surface area (TPSA) is 171 Å². The van der Waals surface area contributed by atoms with Crippen LogP contribution >= 0.6 is 0 Å². The summed E-state index contributed by atoms with van der Waals surface area (Å²) in [7, 11) is 0. The van der Waals surface area contributed by atoms with Crippen molar-refractivity contribution >= 4 is 52.2 Å². The van der Waals surface area contributed by atoms with Gasteiger partial charge >= 0.3 is 5.69 Å². The summed E-state index contributed by atoms with van der Waals surface area (Å²) in [6, 6.07) is 17.6. The Morgan fingerprint density at radius 3 is 1.46 bits per heavy atom. The van der Waals surface area contributed by atoms with Crippen LogP contribution in [0.25, 0.3) is 0 Å². The first kappa shape index (κ1) is 25.2. The van der Waals surface area contributed by atoms with Crippen molar-refractivity contribution in [2.75, 3.05) is 47.4 Å². The maximum Gasteiger partial charge on any atom is 0.318 e. The highest BCUT2D eigenvalue weighted by atomic mass is 16.6. The van der Waals surface area contributed by atoms with Crippen LogP contribution in [-0.4, -0.2) is 60.0 Å². The van der Waals surface area contributed by atoms with Gasteiger partial charge in [0.2, 0.25) is 0 Å². The van der Waals surface area contributed by atoms with E-state index >= 15 is 0 Å². The first-order valence-corrected chi connectivity index (χ1v) is 12.2. The van der Waals surface area contributed by atoms with Crippen molar-refractivity contribution in [1.29, 1.82) is 0 Å². The molecule has 0 spiro atoms. The summed E-state index contributed by atoms with van der Waals surface area (Å²) < 4.78 is 0. The maximum atomic E-state index is 13.0. The minimum Gasteiger partial charge on any atom is -0.354 e. The molecule has 0 radical (unpaired) electrons. The monoisotopic (exact) mass is 528 g/mol. The Morgan fingerprint density at radius 2 is 1.10 bits per heavy atom. The molecule has 2 aliphatic rings. The zero-order valence-corrected chi connectivity index (χ0v) is 20.7. The lowest BCUT2D eigenvalue weighted by Crippen LogP contribution is -2.26. The molecule has 3 aromatic rings. The average molecular weight is 529 g/mol. The maximum absolute atomic E-state index is 13.0. The van der Waals surface area contributed by atoms with Gasteiger partial charge in [-0.05, 0) is 54.6 Å². The Bertz CT molecular complexity index is 1370. The minimum atomic E-state index is -0.561. The van der Waals surface area contributed by atoms with E-state index in [0.717, 1.165) is 24.5 Å². The van der Waals surface area contributed by atoms with Crippen LogP contribution in [0.5, 0.6) is 0 Å². The van der Waals surface area contributed by atoms with Crippen molar-refractivity contribution in [2.24, 2.45) is 9.98 Å². The van der Waals surface area contributed by atoms with Crippen molar-refractivity contribution in [3.8, 4) is 0 Å². The Balaban J connectivity index is 1.26. The Morgan fingerprint density at radius 1 is 0.692 bits per heavy atom. The number of hydrogen-bond donors (Lipinski definition) is 7. The predicted molar refractivity (Wildman–Crippen MR) is 148 cm³/mol. The van der Waals surface area contributed by atoms with Gasteiger partial charge in [0.1, 0.15) is 0 Å². The van der Waals surface area contributed by atoms with E-state index in [-0.39, 0.29) is 16.8 Å². The molecular formula is C26H26N9O4+. The minimum absolute atomic E-state index is 0.0173. The lowest BCUT2D eigenvalue weighted by molar-refractivity contribution is -0.729. The third-order valence-electron chi connectivity index (χ3n) is 5.82. The average Bonchev–Trinajstić information content (AvgIpc) is 3.65. The summed E-state index contributed by atoms with van der Waals surface area (Å²) in [5.74, 6) is 0.248. The summed E-state index contributed by atoms with van der Waals surface area (Å²) in [4.78, 5) is 45.7. The van der Waals surface area contributed by atoms with Gasteiger partial charge in [0.25, 0.3) is 16.7 Å². The van der Waals surface area contributed by atoms with Crippen molar-refractivity contribution < 1.29 is 19.7 Å². The summed E-state index contributed by atoms with van der Waals surface area (Å²) in [6.07, 6.45) is 0. The molecule has 0 aromatic heterocycles. The second-order valence-electron chi connectivity index (χ2n) is 8.67. The van der Waals surface area contributed by atoms with Gasteiger partial charge in [-0.3, -0.25) is 19.6 Å². The number of carbonyl (C=O) groups excluding carboxylic acids is 2. The molecule has 0 bridgehead atoms. The number of hydrogen-bond acceptors (Lipinski definition) is 9. The molecule has 0 saturated heterocycles. The lowest BCUT2D eigenvalue weighted by Gasteiger charge is -2.10. The van der Waals surface area contributed by atoms with E-state index in [1.54, 1.807) is 48.5 Å². The second-order valence-corrected chi connectivity index (χ2v) is 8.67. The summed E-state index contributed by atoms with van der Waals surface area (Å²) in [5, 5.41) is 27.4.